The molecule has 0 radical (unpaired) electrons. The van der Waals surface area contributed by atoms with Gasteiger partial charge in [-0.15, -0.1) is 8.39 Å². The third-order valence-electron chi connectivity index (χ3n) is 5.53. The zero-order valence-corrected chi connectivity index (χ0v) is 20.5. The quantitative estimate of drug-likeness (QED) is 0.310. The molecule has 0 fully saturated rings. The molecule has 0 aromatic carbocycles. The van der Waals surface area contributed by atoms with E-state index in [9.17, 15) is 0 Å². The molecule has 0 aromatic heterocycles. The number of thiocarbonyl (C=S) groups is 2. The lowest BCUT2D eigenvalue weighted by Crippen LogP contribution is -2.47. The van der Waals surface area contributed by atoms with Gasteiger partial charge >= 0.3 is 0 Å². The topological polar surface area (TPSA) is 0 Å². The molecule has 0 aliphatic carbocycles. The van der Waals surface area contributed by atoms with Crippen LogP contribution in [-0.2, 0) is 25.3 Å². The summed E-state index contributed by atoms with van der Waals surface area (Å²) in [5.74, 6) is 0. The SMILES string of the molecule is CC[N+](CC)(CC)CC.CC[N+](CC)(CC)CC.S=C([S-])C(=S)[S-]. The molecule has 6 heteroatoms. The van der Waals surface area contributed by atoms with Crippen LogP contribution in [0.15, 0.2) is 0 Å². The van der Waals surface area contributed by atoms with Gasteiger partial charge in [0.05, 0.1) is 52.4 Å². The Morgan fingerprint density at radius 1 is 0.500 bits per heavy atom. The van der Waals surface area contributed by atoms with E-state index < -0.39 is 0 Å². The fourth-order valence-electron chi connectivity index (χ4n) is 2.68. The second kappa shape index (κ2) is 17.0. The van der Waals surface area contributed by atoms with Crippen molar-refractivity contribution in [2.75, 3.05) is 52.4 Å². The molecule has 2 nitrogen and oxygen atoms in total. The number of hydrogen-bond acceptors (Lipinski definition) is 4. The number of hydrogen-bond donors (Lipinski definition) is 0. The van der Waals surface area contributed by atoms with Crippen LogP contribution in [0.1, 0.15) is 55.4 Å². The Morgan fingerprint density at radius 2 is 0.625 bits per heavy atom. The van der Waals surface area contributed by atoms with Crippen molar-refractivity contribution in [3.05, 3.63) is 0 Å². The summed E-state index contributed by atoms with van der Waals surface area (Å²) in [7, 11) is 0. The van der Waals surface area contributed by atoms with Gasteiger partial charge in [0, 0.05) is 0 Å². The van der Waals surface area contributed by atoms with E-state index in [1.165, 1.54) is 61.3 Å². The fraction of sp³-hybridized carbons (Fsp3) is 0.889. The zero-order chi connectivity index (χ0) is 19.8. The Balaban J connectivity index is -0.000000282. The molecule has 0 atom stereocenters. The Bertz CT molecular complexity index is 258. The van der Waals surface area contributed by atoms with Crippen molar-refractivity contribution in [2.45, 2.75) is 55.4 Å². The normalized spacial score (nSPS) is 10.8. The Morgan fingerprint density at radius 3 is 0.625 bits per heavy atom. The van der Waals surface area contributed by atoms with Crippen LogP contribution in [0.3, 0.4) is 0 Å². The molecule has 0 heterocycles. The van der Waals surface area contributed by atoms with E-state index in [1.807, 2.05) is 0 Å². The molecule has 0 unspecified atom stereocenters. The molecule has 0 saturated carbocycles. The third-order valence-corrected chi connectivity index (χ3v) is 6.87. The maximum atomic E-state index is 4.39. The molecule has 0 rings (SSSR count). The van der Waals surface area contributed by atoms with Gasteiger partial charge in [0.1, 0.15) is 0 Å². The number of quaternary nitrogens is 2. The van der Waals surface area contributed by atoms with Crippen LogP contribution in [0.25, 0.3) is 0 Å². The average molecular weight is 413 g/mol. The van der Waals surface area contributed by atoms with Crippen molar-refractivity contribution >= 4 is 58.1 Å². The summed E-state index contributed by atoms with van der Waals surface area (Å²) >= 11 is 17.6. The first kappa shape index (κ1) is 29.3. The summed E-state index contributed by atoms with van der Waals surface area (Å²) in [6.45, 7) is 28.4. The average Bonchev–Trinajstić information content (AvgIpc) is 2.61. The molecule has 24 heavy (non-hydrogen) atoms. The van der Waals surface area contributed by atoms with E-state index in [0.29, 0.717) is 0 Å². The highest BCUT2D eigenvalue weighted by Crippen LogP contribution is 2.03. The number of nitrogens with zero attached hydrogens (tertiary/aromatic N) is 2. The highest BCUT2D eigenvalue weighted by molar-refractivity contribution is 8.16. The summed E-state index contributed by atoms with van der Waals surface area (Å²) in [6.07, 6.45) is 0. The highest BCUT2D eigenvalue weighted by Gasteiger charge is 2.16. The molecule has 0 aliphatic heterocycles. The van der Waals surface area contributed by atoms with E-state index in [0.717, 1.165) is 0 Å². The number of rotatable bonds is 9. The molecule has 0 aromatic rings. The largest absolute Gasteiger partial charge is 0.430 e. The first-order valence-electron chi connectivity index (χ1n) is 9.25. The van der Waals surface area contributed by atoms with Gasteiger partial charge in [-0.2, -0.15) is 0 Å². The highest BCUT2D eigenvalue weighted by atomic mass is 32.1. The zero-order valence-electron chi connectivity index (χ0n) is 17.2. The van der Waals surface area contributed by atoms with Crippen LogP contribution >= 0.6 is 24.4 Å². The molecule has 0 saturated heterocycles. The van der Waals surface area contributed by atoms with E-state index >= 15 is 0 Å². The Labute approximate surface area is 174 Å². The van der Waals surface area contributed by atoms with Crippen LogP contribution in [0.5, 0.6) is 0 Å². The predicted octanol–water partition coefficient (Wildman–Crippen LogP) is 4.50. The van der Waals surface area contributed by atoms with Crippen LogP contribution in [0.4, 0.5) is 0 Å². The van der Waals surface area contributed by atoms with Gasteiger partial charge < -0.3 is 58.7 Å². The molecular formula is C18H40N2S4. The van der Waals surface area contributed by atoms with Crippen molar-refractivity contribution < 1.29 is 8.97 Å². The first-order valence-corrected chi connectivity index (χ1v) is 10.9. The Kier molecular flexibility index (Phi) is 20.7. The first-order chi connectivity index (χ1) is 11.1. The minimum Gasteiger partial charge on any atom is -0.430 e. The lowest BCUT2D eigenvalue weighted by atomic mass is 10.3. The molecule has 0 amide bonds. The standard InChI is InChI=1S/2C8H20N.C2H2S4/c2*1-5-9(6-2,7-3)8-4;3-1(4)2(5)6/h2*5-8H2,1-4H3;(H,3,4)(H,5,6)/q2*+1;/p-2. The van der Waals surface area contributed by atoms with Gasteiger partial charge in [-0.05, 0) is 55.4 Å². The van der Waals surface area contributed by atoms with E-state index in [2.05, 4.69) is 105 Å². The summed E-state index contributed by atoms with van der Waals surface area (Å²) in [5.41, 5.74) is 0. The smallest absolute Gasteiger partial charge is 0.0757 e. The maximum Gasteiger partial charge on any atom is 0.0757 e. The van der Waals surface area contributed by atoms with Crippen LogP contribution < -0.4 is 0 Å². The van der Waals surface area contributed by atoms with Gasteiger partial charge in [0.25, 0.3) is 0 Å². The second-order valence-electron chi connectivity index (χ2n) is 5.79. The van der Waals surface area contributed by atoms with Gasteiger partial charge in [-0.3, -0.25) is 0 Å². The van der Waals surface area contributed by atoms with Crippen LogP contribution in [0, 0.1) is 0 Å². The monoisotopic (exact) mass is 412 g/mol. The summed E-state index contributed by atoms with van der Waals surface area (Å²) < 4.78 is 3.00. The minimum atomic E-state index is 0.222. The van der Waals surface area contributed by atoms with Crippen molar-refractivity contribution in [2.24, 2.45) is 0 Å². The van der Waals surface area contributed by atoms with Crippen LogP contribution in [0.2, 0.25) is 0 Å². The summed E-state index contributed by atoms with van der Waals surface area (Å²) in [6, 6.07) is 0. The maximum absolute atomic E-state index is 4.39. The molecule has 0 bridgehead atoms. The molecular weight excluding hydrogens is 372 g/mol. The van der Waals surface area contributed by atoms with E-state index in [4.69, 9.17) is 0 Å². The molecule has 0 aliphatic rings. The van der Waals surface area contributed by atoms with Gasteiger partial charge in [0.15, 0.2) is 0 Å². The molecule has 146 valence electrons. The fourth-order valence-corrected chi connectivity index (χ4v) is 2.68. The lowest BCUT2D eigenvalue weighted by Gasteiger charge is -2.34. The predicted molar refractivity (Wildman–Crippen MR) is 125 cm³/mol. The molecule has 0 N–H and O–H groups in total. The van der Waals surface area contributed by atoms with Crippen molar-refractivity contribution in [3.8, 4) is 0 Å². The van der Waals surface area contributed by atoms with Crippen molar-refractivity contribution in [1.82, 2.24) is 0 Å². The second-order valence-corrected chi connectivity index (χ2v) is 7.94. The summed E-state index contributed by atoms with van der Waals surface area (Å²) in [5, 5.41) is 0. The van der Waals surface area contributed by atoms with Crippen molar-refractivity contribution in [1.29, 1.82) is 0 Å². The van der Waals surface area contributed by atoms with E-state index in [1.54, 1.807) is 0 Å². The lowest BCUT2D eigenvalue weighted by molar-refractivity contribution is -0.921. The Hall–Kier alpha value is 0.540. The van der Waals surface area contributed by atoms with Gasteiger partial charge in [0.2, 0.25) is 0 Å². The summed E-state index contributed by atoms with van der Waals surface area (Å²) in [4.78, 5) is 0. The molecule has 0 spiro atoms. The third kappa shape index (κ3) is 12.8. The van der Waals surface area contributed by atoms with Gasteiger partial charge in [-0.25, -0.2) is 0 Å². The van der Waals surface area contributed by atoms with Crippen LogP contribution in [-0.4, -0.2) is 69.7 Å². The van der Waals surface area contributed by atoms with Gasteiger partial charge in [-0.1, -0.05) is 0 Å². The van der Waals surface area contributed by atoms with E-state index in [-0.39, 0.29) is 8.39 Å². The minimum absolute atomic E-state index is 0.222. The van der Waals surface area contributed by atoms with Crippen molar-refractivity contribution in [3.63, 3.8) is 0 Å².